The number of benzene rings is 1. The normalized spacial score (nSPS) is 31.4. The minimum Gasteiger partial charge on any atom is -0.426 e. The maximum absolute atomic E-state index is 11.6. The van der Waals surface area contributed by atoms with Crippen molar-refractivity contribution >= 4 is 5.97 Å². The summed E-state index contributed by atoms with van der Waals surface area (Å²) in [5, 5.41) is 10.1. The van der Waals surface area contributed by atoms with Crippen LogP contribution in [0.15, 0.2) is 12.1 Å². The molecule has 0 radical (unpaired) electrons. The quantitative estimate of drug-likeness (QED) is 0.636. The Labute approximate surface area is 151 Å². The lowest BCUT2D eigenvalue weighted by molar-refractivity contribution is -0.131. The Morgan fingerprint density at radius 3 is 2.64 bits per heavy atom. The maximum atomic E-state index is 11.6. The van der Waals surface area contributed by atoms with Gasteiger partial charge in [0, 0.05) is 13.5 Å². The fraction of sp³-hybridized carbons (Fsp3) is 0.682. The standard InChI is InChI=1S/C22H32O3/c1-14(2)17-11-16-7-8-20-21(4,13-23)9-6-10-22(20,5)18(16)12-19(17)25-15(3)24/h11-12,14,20,23H,6-10,13H2,1-5H3. The molecular formula is C22H32O3. The molecule has 0 heterocycles. The molecule has 0 saturated heterocycles. The third-order valence-electron chi connectivity index (χ3n) is 6.84. The summed E-state index contributed by atoms with van der Waals surface area (Å²) in [5.74, 6) is 1.25. The molecule has 25 heavy (non-hydrogen) atoms. The number of esters is 1. The first kappa shape index (κ1) is 18.4. The molecule has 3 rings (SSSR count). The first-order chi connectivity index (χ1) is 11.7. The third-order valence-corrected chi connectivity index (χ3v) is 6.84. The average molecular weight is 344 g/mol. The number of fused-ring (bicyclic) bond motifs is 3. The number of ether oxygens (including phenoxy) is 1. The zero-order valence-corrected chi connectivity index (χ0v) is 16.3. The van der Waals surface area contributed by atoms with Gasteiger partial charge in [-0.15, -0.1) is 0 Å². The molecule has 0 aromatic heterocycles. The molecule has 2 aliphatic rings. The molecule has 0 amide bonds. The van der Waals surface area contributed by atoms with Gasteiger partial charge in [-0.1, -0.05) is 40.2 Å². The van der Waals surface area contributed by atoms with Crippen LogP contribution in [0.5, 0.6) is 5.75 Å². The highest BCUT2D eigenvalue weighted by molar-refractivity contribution is 5.70. The molecule has 2 aliphatic carbocycles. The molecule has 3 heteroatoms. The smallest absolute Gasteiger partial charge is 0.308 e. The topological polar surface area (TPSA) is 46.5 Å². The van der Waals surface area contributed by atoms with Crippen molar-refractivity contribution in [1.82, 2.24) is 0 Å². The minimum absolute atomic E-state index is 0.0109. The van der Waals surface area contributed by atoms with Gasteiger partial charge in [-0.2, -0.15) is 0 Å². The Balaban J connectivity index is 2.13. The predicted molar refractivity (Wildman–Crippen MR) is 100 cm³/mol. The van der Waals surface area contributed by atoms with E-state index in [0.717, 1.165) is 43.4 Å². The van der Waals surface area contributed by atoms with Crippen molar-refractivity contribution in [1.29, 1.82) is 0 Å². The van der Waals surface area contributed by atoms with Gasteiger partial charge in [0.05, 0.1) is 0 Å². The van der Waals surface area contributed by atoms with Crippen molar-refractivity contribution < 1.29 is 14.6 Å². The zero-order chi connectivity index (χ0) is 18.4. The largest absolute Gasteiger partial charge is 0.426 e. The van der Waals surface area contributed by atoms with E-state index in [2.05, 4.69) is 39.8 Å². The molecule has 3 nitrogen and oxygen atoms in total. The van der Waals surface area contributed by atoms with Gasteiger partial charge < -0.3 is 9.84 Å². The van der Waals surface area contributed by atoms with E-state index in [1.54, 1.807) is 0 Å². The summed E-state index contributed by atoms with van der Waals surface area (Å²) in [7, 11) is 0. The Bertz CT molecular complexity index is 678. The highest BCUT2D eigenvalue weighted by atomic mass is 16.5. The lowest BCUT2D eigenvalue weighted by Crippen LogP contribution is -2.50. The summed E-state index contributed by atoms with van der Waals surface area (Å²) in [6.07, 6.45) is 5.55. The van der Waals surface area contributed by atoms with Gasteiger partial charge in [0.25, 0.3) is 0 Å². The first-order valence-electron chi connectivity index (χ1n) is 9.68. The van der Waals surface area contributed by atoms with Gasteiger partial charge in [0.15, 0.2) is 0 Å². The molecule has 0 aliphatic heterocycles. The summed E-state index contributed by atoms with van der Waals surface area (Å²) >= 11 is 0. The fourth-order valence-electron chi connectivity index (χ4n) is 5.53. The van der Waals surface area contributed by atoms with E-state index >= 15 is 0 Å². The number of carbonyl (C=O) groups excluding carboxylic acids is 1. The molecule has 1 N–H and O–H groups in total. The lowest BCUT2D eigenvalue weighted by Gasteiger charge is -2.55. The average Bonchev–Trinajstić information content (AvgIpc) is 2.54. The second kappa shape index (κ2) is 6.42. The Morgan fingerprint density at radius 1 is 1.32 bits per heavy atom. The number of aliphatic hydroxyl groups is 1. The molecule has 3 atom stereocenters. The maximum Gasteiger partial charge on any atom is 0.308 e. The van der Waals surface area contributed by atoms with Crippen LogP contribution in [0.25, 0.3) is 0 Å². The Morgan fingerprint density at radius 2 is 2.04 bits per heavy atom. The van der Waals surface area contributed by atoms with E-state index in [1.165, 1.54) is 18.1 Å². The summed E-state index contributed by atoms with van der Waals surface area (Å²) in [5.41, 5.74) is 3.90. The number of aryl methyl sites for hydroxylation is 1. The summed E-state index contributed by atoms with van der Waals surface area (Å²) in [4.78, 5) is 11.6. The highest BCUT2D eigenvalue weighted by Crippen LogP contribution is 2.57. The van der Waals surface area contributed by atoms with Crippen LogP contribution in [-0.2, 0) is 16.6 Å². The lowest BCUT2D eigenvalue weighted by atomic mass is 9.50. The molecular weight excluding hydrogens is 312 g/mol. The van der Waals surface area contributed by atoms with E-state index in [-0.39, 0.29) is 23.4 Å². The Hall–Kier alpha value is -1.35. The van der Waals surface area contributed by atoms with Gasteiger partial charge in [0.1, 0.15) is 5.75 Å². The SMILES string of the molecule is CC(=O)Oc1cc2c(cc1C(C)C)CCC1C(C)(CO)CCCC21C. The van der Waals surface area contributed by atoms with E-state index in [1.807, 2.05) is 0 Å². The first-order valence-corrected chi connectivity index (χ1v) is 9.68. The molecule has 1 saturated carbocycles. The van der Waals surface area contributed by atoms with E-state index in [9.17, 15) is 9.90 Å². The molecule has 0 spiro atoms. The predicted octanol–water partition coefficient (Wildman–Crippen LogP) is 4.74. The monoisotopic (exact) mass is 344 g/mol. The Kier molecular flexibility index (Phi) is 4.74. The van der Waals surface area contributed by atoms with Crippen LogP contribution in [0.3, 0.4) is 0 Å². The van der Waals surface area contributed by atoms with E-state index in [4.69, 9.17) is 4.74 Å². The number of hydrogen-bond donors (Lipinski definition) is 1. The van der Waals surface area contributed by atoms with E-state index < -0.39 is 0 Å². The summed E-state index contributed by atoms with van der Waals surface area (Å²) in [6.45, 7) is 10.6. The molecule has 3 unspecified atom stereocenters. The van der Waals surface area contributed by atoms with Gasteiger partial charge in [0.2, 0.25) is 0 Å². The fourth-order valence-corrected chi connectivity index (χ4v) is 5.53. The van der Waals surface area contributed by atoms with Gasteiger partial charge >= 0.3 is 5.97 Å². The molecule has 138 valence electrons. The second-order valence-corrected chi connectivity index (χ2v) is 8.97. The van der Waals surface area contributed by atoms with E-state index in [0.29, 0.717) is 11.8 Å². The zero-order valence-electron chi connectivity index (χ0n) is 16.3. The highest BCUT2D eigenvalue weighted by Gasteiger charge is 2.51. The molecule has 0 bridgehead atoms. The van der Waals surface area contributed by atoms with Crippen LogP contribution in [0.1, 0.15) is 82.9 Å². The van der Waals surface area contributed by atoms with Crippen LogP contribution in [0.2, 0.25) is 0 Å². The molecule has 1 aromatic rings. The van der Waals surface area contributed by atoms with Crippen LogP contribution < -0.4 is 4.74 Å². The molecule has 1 fully saturated rings. The number of carbonyl (C=O) groups is 1. The summed E-state index contributed by atoms with van der Waals surface area (Å²) in [6, 6.07) is 4.41. The van der Waals surface area contributed by atoms with Crippen molar-refractivity contribution in [2.45, 2.75) is 78.1 Å². The van der Waals surface area contributed by atoms with Gasteiger partial charge in [-0.3, -0.25) is 4.79 Å². The van der Waals surface area contributed by atoms with Crippen molar-refractivity contribution in [2.24, 2.45) is 11.3 Å². The third kappa shape index (κ3) is 3.01. The second-order valence-electron chi connectivity index (χ2n) is 8.97. The number of hydrogen-bond acceptors (Lipinski definition) is 3. The van der Waals surface area contributed by atoms with Crippen LogP contribution in [-0.4, -0.2) is 17.7 Å². The van der Waals surface area contributed by atoms with Crippen LogP contribution in [0, 0.1) is 11.3 Å². The summed E-state index contributed by atoms with van der Waals surface area (Å²) < 4.78 is 5.59. The van der Waals surface area contributed by atoms with Gasteiger partial charge in [-0.25, -0.2) is 0 Å². The van der Waals surface area contributed by atoms with Gasteiger partial charge in [-0.05, 0) is 71.1 Å². The number of rotatable bonds is 3. The van der Waals surface area contributed by atoms with Crippen LogP contribution in [0.4, 0.5) is 0 Å². The van der Waals surface area contributed by atoms with Crippen molar-refractivity contribution in [3.05, 3.63) is 28.8 Å². The van der Waals surface area contributed by atoms with Crippen molar-refractivity contribution in [3.8, 4) is 5.75 Å². The number of aliphatic hydroxyl groups excluding tert-OH is 1. The van der Waals surface area contributed by atoms with Crippen molar-refractivity contribution in [3.63, 3.8) is 0 Å². The molecule has 1 aromatic carbocycles. The van der Waals surface area contributed by atoms with Crippen molar-refractivity contribution in [2.75, 3.05) is 6.61 Å². The van der Waals surface area contributed by atoms with Crippen LogP contribution >= 0.6 is 0 Å². The minimum atomic E-state index is -0.261.